The van der Waals surface area contributed by atoms with Gasteiger partial charge >= 0.3 is 0 Å². The van der Waals surface area contributed by atoms with Crippen LogP contribution in [0.25, 0.3) is 78.4 Å². The molecule has 7 aromatic rings. The third-order valence-corrected chi connectivity index (χ3v) is 7.98. The molecule has 5 aliphatic rings. The number of hydrogen-bond donors (Lipinski definition) is 0. The summed E-state index contributed by atoms with van der Waals surface area (Å²) in [7, 11) is 0. The first kappa shape index (κ1) is 24.2. The van der Waals surface area contributed by atoms with Crippen LogP contribution in [0.3, 0.4) is 0 Å². The van der Waals surface area contributed by atoms with Crippen LogP contribution in [-0.2, 0) is 0 Å². The van der Waals surface area contributed by atoms with Gasteiger partial charge < -0.3 is 0 Å². The molecule has 3 heteroatoms. The summed E-state index contributed by atoms with van der Waals surface area (Å²) in [6, 6.07) is 49.4. The van der Waals surface area contributed by atoms with Crippen molar-refractivity contribution in [3.8, 4) is 78.4 Å². The van der Waals surface area contributed by atoms with E-state index in [4.69, 9.17) is 4.98 Å². The standard InChI is InChI=1S/C39H25N3/c1-3-32-23-33(4-1)29-15-17-31(18-16-29)35-20-22-41-39(25-35)37-6-2-5-36(42-37)38-24-34(19-21-40-38)30-13-9-27(10-14-30)26-7-11-28(32)12-8-26/h1-25H. The zero-order valence-electron chi connectivity index (χ0n) is 22.8. The minimum Gasteiger partial charge on any atom is -0.255 e. The highest BCUT2D eigenvalue weighted by Gasteiger charge is 2.10. The molecule has 8 heterocycles. The van der Waals surface area contributed by atoms with E-state index < -0.39 is 0 Å². The van der Waals surface area contributed by atoms with E-state index in [1.807, 2.05) is 42.7 Å². The predicted octanol–water partition coefficient (Wildman–Crippen LogP) is 9.85. The summed E-state index contributed by atoms with van der Waals surface area (Å²) in [6.45, 7) is 0. The Bertz CT molecular complexity index is 2060. The van der Waals surface area contributed by atoms with Gasteiger partial charge in [0.25, 0.3) is 0 Å². The van der Waals surface area contributed by atoms with Crippen LogP contribution in [0.2, 0.25) is 0 Å². The zero-order valence-corrected chi connectivity index (χ0v) is 22.8. The van der Waals surface area contributed by atoms with Crippen molar-refractivity contribution in [2.75, 3.05) is 0 Å². The van der Waals surface area contributed by atoms with Crippen LogP contribution in [0, 0.1) is 0 Å². The first-order valence-corrected chi connectivity index (χ1v) is 14.1. The van der Waals surface area contributed by atoms with Crippen molar-refractivity contribution in [2.45, 2.75) is 0 Å². The van der Waals surface area contributed by atoms with E-state index in [2.05, 4.69) is 119 Å². The fourth-order valence-corrected chi connectivity index (χ4v) is 5.66. The van der Waals surface area contributed by atoms with Crippen LogP contribution >= 0.6 is 0 Å². The predicted molar refractivity (Wildman–Crippen MR) is 171 cm³/mol. The first-order chi connectivity index (χ1) is 20.8. The molecule has 3 aromatic heterocycles. The lowest BCUT2D eigenvalue weighted by atomic mass is 9.95. The lowest BCUT2D eigenvalue weighted by Crippen LogP contribution is -1.93. The van der Waals surface area contributed by atoms with Gasteiger partial charge in [-0.05, 0) is 98.1 Å². The van der Waals surface area contributed by atoms with Crippen molar-refractivity contribution in [2.24, 2.45) is 0 Å². The average Bonchev–Trinajstić information content (AvgIpc) is 3.08. The minimum atomic E-state index is 0.819. The van der Waals surface area contributed by atoms with E-state index >= 15 is 0 Å². The summed E-state index contributed by atoms with van der Waals surface area (Å²) in [6.07, 6.45) is 3.71. The Balaban J connectivity index is 1.29. The highest BCUT2D eigenvalue weighted by atomic mass is 14.8. The minimum absolute atomic E-state index is 0.819. The van der Waals surface area contributed by atoms with Gasteiger partial charge in [0, 0.05) is 12.4 Å². The zero-order chi connectivity index (χ0) is 27.9. The molecular formula is C39H25N3. The Hall–Kier alpha value is -5.67. The van der Waals surface area contributed by atoms with Gasteiger partial charge in [0.15, 0.2) is 0 Å². The average molecular weight is 536 g/mol. The molecule has 0 aliphatic carbocycles. The summed E-state index contributed by atoms with van der Waals surface area (Å²) in [5, 5.41) is 0. The first-order valence-electron chi connectivity index (χ1n) is 14.1. The smallest absolute Gasteiger partial charge is 0.0894 e. The van der Waals surface area contributed by atoms with E-state index in [-0.39, 0.29) is 0 Å². The van der Waals surface area contributed by atoms with Crippen molar-refractivity contribution in [3.05, 3.63) is 152 Å². The molecule has 196 valence electrons. The lowest BCUT2D eigenvalue weighted by Gasteiger charge is -2.11. The second-order valence-electron chi connectivity index (χ2n) is 10.6. The highest BCUT2D eigenvalue weighted by Crippen LogP contribution is 2.32. The molecular weight excluding hydrogens is 510 g/mol. The van der Waals surface area contributed by atoms with Gasteiger partial charge in [0.05, 0.1) is 22.8 Å². The van der Waals surface area contributed by atoms with E-state index in [1.165, 1.54) is 33.4 Å². The summed E-state index contributed by atoms with van der Waals surface area (Å²) < 4.78 is 0. The molecule has 0 amide bonds. The van der Waals surface area contributed by atoms with Gasteiger partial charge in [0.1, 0.15) is 0 Å². The van der Waals surface area contributed by atoms with E-state index in [9.17, 15) is 0 Å². The van der Waals surface area contributed by atoms with Gasteiger partial charge in [-0.1, -0.05) is 97.1 Å². The van der Waals surface area contributed by atoms with Crippen molar-refractivity contribution in [3.63, 3.8) is 0 Å². The van der Waals surface area contributed by atoms with E-state index in [0.717, 1.165) is 45.0 Å². The van der Waals surface area contributed by atoms with Gasteiger partial charge in [-0.15, -0.1) is 0 Å². The second kappa shape index (κ2) is 10.1. The summed E-state index contributed by atoms with van der Waals surface area (Å²) in [4.78, 5) is 14.3. The Morgan fingerprint density at radius 3 is 1.00 bits per heavy atom. The third kappa shape index (κ3) is 4.47. The molecule has 0 N–H and O–H groups in total. The molecule has 5 aliphatic heterocycles. The number of rotatable bonds is 0. The number of hydrogen-bond acceptors (Lipinski definition) is 3. The van der Waals surface area contributed by atoms with Gasteiger partial charge in [-0.2, -0.15) is 0 Å². The fraction of sp³-hybridized carbons (Fsp3) is 0. The topological polar surface area (TPSA) is 38.7 Å². The maximum absolute atomic E-state index is 4.97. The van der Waals surface area contributed by atoms with Crippen molar-refractivity contribution >= 4 is 0 Å². The number of nitrogens with zero attached hydrogens (tertiary/aromatic N) is 3. The van der Waals surface area contributed by atoms with Crippen molar-refractivity contribution < 1.29 is 0 Å². The summed E-state index contributed by atoms with van der Waals surface area (Å²) >= 11 is 0. The molecule has 0 atom stereocenters. The van der Waals surface area contributed by atoms with Gasteiger partial charge in [0.2, 0.25) is 0 Å². The third-order valence-electron chi connectivity index (χ3n) is 7.98. The SMILES string of the molecule is c1cc2cc(c1)-c1ccc(cc1)-c1ccnc(c1)-c1cccc(n1)-c1cc(ccn1)-c1ccc(cc1)-c1ccc-2cc1. The van der Waals surface area contributed by atoms with E-state index in [0.29, 0.717) is 0 Å². The van der Waals surface area contributed by atoms with Crippen molar-refractivity contribution in [1.82, 2.24) is 15.0 Å². The van der Waals surface area contributed by atoms with Crippen LogP contribution in [-0.4, -0.2) is 15.0 Å². The fourth-order valence-electron chi connectivity index (χ4n) is 5.66. The van der Waals surface area contributed by atoms with E-state index in [1.54, 1.807) is 0 Å². The maximum atomic E-state index is 4.97. The van der Waals surface area contributed by atoms with Crippen LogP contribution in [0.4, 0.5) is 0 Å². The number of aromatic nitrogens is 3. The Kier molecular flexibility index (Phi) is 5.79. The lowest BCUT2D eigenvalue weighted by molar-refractivity contribution is 1.22. The Morgan fingerprint density at radius 1 is 0.262 bits per heavy atom. The molecule has 0 spiro atoms. The molecule has 14 bridgehead atoms. The number of fused-ring (bicyclic) bond motifs is 1. The summed E-state index contributed by atoms with van der Waals surface area (Å²) in [5.41, 5.74) is 15.0. The number of benzene rings is 4. The van der Waals surface area contributed by atoms with Crippen LogP contribution < -0.4 is 0 Å². The molecule has 3 nitrogen and oxygen atoms in total. The molecule has 0 saturated heterocycles. The van der Waals surface area contributed by atoms with Gasteiger partial charge in [-0.25, -0.2) is 4.98 Å². The Labute approximate surface area is 244 Å². The molecule has 42 heavy (non-hydrogen) atoms. The van der Waals surface area contributed by atoms with Crippen LogP contribution in [0.5, 0.6) is 0 Å². The quantitative estimate of drug-likeness (QED) is 0.194. The van der Waals surface area contributed by atoms with Gasteiger partial charge in [-0.3, -0.25) is 9.97 Å². The molecule has 0 fully saturated rings. The monoisotopic (exact) mass is 535 g/mol. The Morgan fingerprint density at radius 2 is 0.595 bits per heavy atom. The van der Waals surface area contributed by atoms with Crippen LogP contribution in [0.15, 0.2) is 152 Å². The number of pyridine rings is 3. The highest BCUT2D eigenvalue weighted by molar-refractivity contribution is 5.78. The summed E-state index contributed by atoms with van der Waals surface area (Å²) in [5.74, 6) is 0. The normalized spacial score (nSPS) is 11.3. The van der Waals surface area contributed by atoms with Crippen LogP contribution in [0.1, 0.15) is 0 Å². The largest absolute Gasteiger partial charge is 0.255 e. The maximum Gasteiger partial charge on any atom is 0.0894 e. The second-order valence-corrected chi connectivity index (χ2v) is 10.6. The molecule has 0 radical (unpaired) electrons. The molecule has 0 unspecified atom stereocenters. The molecule has 0 saturated carbocycles. The molecule has 12 rings (SSSR count). The van der Waals surface area contributed by atoms with Crippen molar-refractivity contribution in [1.29, 1.82) is 0 Å². The molecule has 4 aromatic carbocycles.